The van der Waals surface area contributed by atoms with Crippen molar-refractivity contribution in [3.8, 4) is 5.75 Å². The third kappa shape index (κ3) is 6.26. The van der Waals surface area contributed by atoms with Crippen molar-refractivity contribution in [2.45, 2.75) is 32.7 Å². The maximum absolute atomic E-state index is 13.7. The summed E-state index contributed by atoms with van der Waals surface area (Å²) in [5, 5.41) is 2.67. The minimum Gasteiger partial charge on any atom is -0.491 e. The molecule has 0 N–H and O–H groups in total. The second-order valence-corrected chi connectivity index (χ2v) is 10.6. The molecule has 0 radical (unpaired) electrons. The van der Waals surface area contributed by atoms with E-state index in [1.54, 1.807) is 40.5 Å². The average molecular weight is 529 g/mol. The molecule has 36 heavy (non-hydrogen) atoms. The van der Waals surface area contributed by atoms with Crippen LogP contribution in [0.1, 0.15) is 47.1 Å². The number of thiophene rings is 1. The first-order valence-electron chi connectivity index (χ1n) is 12.1. The maximum atomic E-state index is 13.7. The smallest absolute Gasteiger partial charge is 0.254 e. The topological polar surface area (TPSA) is 49.9 Å². The van der Waals surface area contributed by atoms with Crippen LogP contribution in [-0.4, -0.2) is 47.9 Å². The van der Waals surface area contributed by atoms with Crippen LogP contribution in [-0.2, 0) is 11.2 Å². The van der Waals surface area contributed by atoms with E-state index in [1.807, 2.05) is 10.3 Å². The molecule has 190 valence electrons. The number of carbonyl (C=O) groups excluding carboxylic acids is 2. The predicted octanol–water partition coefficient (Wildman–Crippen LogP) is 6.23. The molecule has 4 rings (SSSR count). The van der Waals surface area contributed by atoms with E-state index in [4.69, 9.17) is 16.3 Å². The zero-order valence-corrected chi connectivity index (χ0v) is 22.0. The first-order chi connectivity index (χ1) is 17.4. The first-order valence-corrected chi connectivity index (χ1v) is 13.4. The molecule has 2 atom stereocenters. The van der Waals surface area contributed by atoms with Crippen LogP contribution < -0.4 is 4.74 Å². The predicted molar refractivity (Wildman–Crippen MR) is 141 cm³/mol. The Balaban J connectivity index is 1.53. The first kappa shape index (κ1) is 26.2. The zero-order valence-electron chi connectivity index (χ0n) is 20.5. The molecule has 0 bridgehead atoms. The van der Waals surface area contributed by atoms with Gasteiger partial charge in [0, 0.05) is 28.6 Å². The third-order valence-electron chi connectivity index (χ3n) is 6.57. The van der Waals surface area contributed by atoms with E-state index in [0.29, 0.717) is 36.0 Å². The number of amides is 2. The van der Waals surface area contributed by atoms with Crippen LogP contribution >= 0.6 is 22.9 Å². The Hall–Kier alpha value is -2.90. The number of carbonyl (C=O) groups is 2. The molecule has 0 fully saturated rings. The van der Waals surface area contributed by atoms with E-state index in [9.17, 15) is 14.0 Å². The fraction of sp³-hybridized carbons (Fsp3) is 0.357. The molecular formula is C28H30ClFN2O3S. The highest BCUT2D eigenvalue weighted by molar-refractivity contribution is 7.10. The Kier molecular flexibility index (Phi) is 8.64. The van der Waals surface area contributed by atoms with E-state index in [0.717, 1.165) is 18.4 Å². The van der Waals surface area contributed by atoms with Crippen molar-refractivity contribution in [2.24, 2.45) is 5.92 Å². The summed E-state index contributed by atoms with van der Waals surface area (Å²) in [4.78, 5) is 31.6. The van der Waals surface area contributed by atoms with Gasteiger partial charge in [0.15, 0.2) is 0 Å². The monoisotopic (exact) mass is 528 g/mol. The lowest BCUT2D eigenvalue weighted by Gasteiger charge is -2.37. The van der Waals surface area contributed by atoms with E-state index in [1.165, 1.54) is 29.1 Å². The number of hydrogen-bond donors (Lipinski definition) is 0. The molecule has 2 heterocycles. The van der Waals surface area contributed by atoms with E-state index < -0.39 is 5.82 Å². The Labute approximate surface area is 220 Å². The molecule has 0 aliphatic carbocycles. The van der Waals surface area contributed by atoms with Crippen LogP contribution in [0.4, 0.5) is 4.39 Å². The Bertz CT molecular complexity index is 1180. The summed E-state index contributed by atoms with van der Waals surface area (Å²) < 4.78 is 19.5. The quantitative estimate of drug-likeness (QED) is 0.330. The van der Waals surface area contributed by atoms with Crippen LogP contribution in [0.15, 0.2) is 60.0 Å². The molecule has 5 nitrogen and oxygen atoms in total. The van der Waals surface area contributed by atoms with E-state index >= 15 is 0 Å². The molecular weight excluding hydrogens is 499 g/mol. The molecule has 1 aliphatic heterocycles. The SMILES string of the molecule is CCC(C)CN(CC(=O)N1CCc2sccc2C1COc1ccc(Cl)cc1)C(=O)c1ccc(F)cc1. The molecule has 1 aromatic heterocycles. The van der Waals surface area contributed by atoms with E-state index in [2.05, 4.69) is 19.9 Å². The minimum absolute atomic E-state index is 0.0442. The molecule has 2 unspecified atom stereocenters. The highest BCUT2D eigenvalue weighted by Gasteiger charge is 2.34. The summed E-state index contributed by atoms with van der Waals surface area (Å²) in [5.41, 5.74) is 1.46. The highest BCUT2D eigenvalue weighted by atomic mass is 35.5. The van der Waals surface area contributed by atoms with Gasteiger partial charge < -0.3 is 14.5 Å². The summed E-state index contributed by atoms with van der Waals surface area (Å²) >= 11 is 7.68. The molecule has 2 amide bonds. The number of fused-ring (bicyclic) bond motifs is 1. The summed E-state index contributed by atoms with van der Waals surface area (Å²) in [6.07, 6.45) is 1.65. The molecule has 8 heteroatoms. The van der Waals surface area contributed by atoms with Crippen LogP contribution in [0.2, 0.25) is 5.02 Å². The number of ether oxygens (including phenoxy) is 1. The molecule has 0 saturated carbocycles. The second-order valence-electron chi connectivity index (χ2n) is 9.12. The van der Waals surface area contributed by atoms with Crippen molar-refractivity contribution in [3.63, 3.8) is 0 Å². The van der Waals surface area contributed by atoms with Gasteiger partial charge in [-0.3, -0.25) is 9.59 Å². The van der Waals surface area contributed by atoms with Gasteiger partial charge in [-0.2, -0.15) is 0 Å². The lowest BCUT2D eigenvalue weighted by atomic mass is 10.00. The van der Waals surface area contributed by atoms with Gasteiger partial charge in [0.2, 0.25) is 5.91 Å². The van der Waals surface area contributed by atoms with Crippen molar-refractivity contribution in [1.82, 2.24) is 9.80 Å². The normalized spacial score (nSPS) is 15.8. The van der Waals surface area contributed by atoms with Gasteiger partial charge in [0.1, 0.15) is 24.7 Å². The summed E-state index contributed by atoms with van der Waals surface area (Å²) in [6, 6.07) is 14.4. The molecule has 2 aromatic carbocycles. The van der Waals surface area contributed by atoms with Gasteiger partial charge in [0.05, 0.1) is 6.04 Å². The lowest BCUT2D eigenvalue weighted by molar-refractivity contribution is -0.135. The lowest BCUT2D eigenvalue weighted by Crippen LogP contribution is -2.48. The Morgan fingerprint density at radius 2 is 1.89 bits per heavy atom. The summed E-state index contributed by atoms with van der Waals surface area (Å²) in [5.74, 6) is 0.0933. The third-order valence-corrected chi connectivity index (χ3v) is 7.82. The van der Waals surface area contributed by atoms with E-state index in [-0.39, 0.29) is 30.3 Å². The van der Waals surface area contributed by atoms with Gasteiger partial charge in [-0.1, -0.05) is 31.9 Å². The largest absolute Gasteiger partial charge is 0.491 e. The fourth-order valence-corrected chi connectivity index (χ4v) is 5.39. The molecule has 0 spiro atoms. The Morgan fingerprint density at radius 3 is 2.58 bits per heavy atom. The number of benzene rings is 2. The van der Waals surface area contributed by atoms with Crippen molar-refractivity contribution in [1.29, 1.82) is 0 Å². The van der Waals surface area contributed by atoms with Gasteiger partial charge in [-0.15, -0.1) is 11.3 Å². The van der Waals surface area contributed by atoms with Crippen LogP contribution in [0.25, 0.3) is 0 Å². The second kappa shape index (κ2) is 11.9. The van der Waals surface area contributed by atoms with Gasteiger partial charge in [0.25, 0.3) is 5.91 Å². The number of nitrogens with zero attached hydrogens (tertiary/aromatic N) is 2. The van der Waals surface area contributed by atoms with Gasteiger partial charge in [-0.05, 0) is 77.9 Å². The molecule has 1 aliphatic rings. The van der Waals surface area contributed by atoms with Crippen LogP contribution in [0.3, 0.4) is 0 Å². The average Bonchev–Trinajstić information content (AvgIpc) is 3.37. The van der Waals surface area contributed by atoms with Gasteiger partial charge >= 0.3 is 0 Å². The van der Waals surface area contributed by atoms with Crippen molar-refractivity contribution < 1.29 is 18.7 Å². The number of halogens is 2. The summed E-state index contributed by atoms with van der Waals surface area (Å²) in [6.45, 7) is 5.37. The highest BCUT2D eigenvalue weighted by Crippen LogP contribution is 2.34. The fourth-order valence-electron chi connectivity index (χ4n) is 4.33. The van der Waals surface area contributed by atoms with Gasteiger partial charge in [-0.25, -0.2) is 4.39 Å². The van der Waals surface area contributed by atoms with Crippen molar-refractivity contribution in [3.05, 3.63) is 86.8 Å². The molecule has 3 aromatic rings. The van der Waals surface area contributed by atoms with Crippen LogP contribution in [0.5, 0.6) is 5.75 Å². The molecule has 0 saturated heterocycles. The van der Waals surface area contributed by atoms with Crippen molar-refractivity contribution in [2.75, 3.05) is 26.2 Å². The Morgan fingerprint density at radius 1 is 1.17 bits per heavy atom. The minimum atomic E-state index is -0.403. The summed E-state index contributed by atoms with van der Waals surface area (Å²) in [7, 11) is 0. The van der Waals surface area contributed by atoms with Crippen LogP contribution in [0, 0.1) is 11.7 Å². The maximum Gasteiger partial charge on any atom is 0.254 e. The number of rotatable bonds is 9. The zero-order chi connectivity index (χ0) is 25.7. The van der Waals surface area contributed by atoms with Crippen molar-refractivity contribution >= 4 is 34.8 Å². The standard InChI is InChI=1S/C28H30ClFN2O3S/c1-3-19(2)16-31(28(34)20-4-8-22(30)9-5-20)17-27(33)32-14-12-26-24(13-15-36-26)25(32)18-35-23-10-6-21(29)7-11-23/h4-11,13,15,19,25H,3,12,14,16-18H2,1-2H3. The number of hydrogen-bond acceptors (Lipinski definition) is 4.